The molecule has 112 valence electrons. The Bertz CT molecular complexity index is 623. The molecule has 3 unspecified atom stereocenters. The Hall–Kier alpha value is -0.680. The molecule has 4 heteroatoms. The van der Waals surface area contributed by atoms with Crippen LogP contribution in [0.1, 0.15) is 41.9 Å². The zero-order valence-electron chi connectivity index (χ0n) is 12.4. The normalized spacial score (nSPS) is 21.8. The second-order valence-electron chi connectivity index (χ2n) is 5.79. The maximum atomic E-state index is 6.37. The third kappa shape index (κ3) is 2.82. The molecule has 2 heterocycles. The molecule has 1 aromatic heterocycles. The van der Waals surface area contributed by atoms with Gasteiger partial charge in [0.1, 0.15) is 0 Å². The fraction of sp³-hybridized carbons (Fsp3) is 0.412. The lowest BCUT2D eigenvalue weighted by atomic mass is 9.93. The van der Waals surface area contributed by atoms with Crippen LogP contribution in [0.2, 0.25) is 0 Å². The van der Waals surface area contributed by atoms with Crippen LogP contribution in [0.3, 0.4) is 0 Å². The van der Waals surface area contributed by atoms with E-state index in [1.54, 1.807) is 0 Å². The van der Waals surface area contributed by atoms with E-state index < -0.39 is 0 Å². The number of nitrogens with zero attached hydrogens (tertiary/aromatic N) is 1. The van der Waals surface area contributed by atoms with Crippen molar-refractivity contribution in [3.05, 3.63) is 56.2 Å². The number of benzene rings is 1. The van der Waals surface area contributed by atoms with Crippen molar-refractivity contribution in [1.82, 2.24) is 4.90 Å². The van der Waals surface area contributed by atoms with Gasteiger partial charge in [-0.25, -0.2) is 0 Å². The number of rotatable bonds is 3. The first-order chi connectivity index (χ1) is 10.1. The number of halogens is 1. The van der Waals surface area contributed by atoms with Crippen molar-refractivity contribution in [1.29, 1.82) is 0 Å². The molecule has 2 N–H and O–H groups in total. The molecule has 0 aliphatic carbocycles. The molecule has 2 aromatic rings. The van der Waals surface area contributed by atoms with Gasteiger partial charge in [0, 0.05) is 28.0 Å². The highest BCUT2D eigenvalue weighted by molar-refractivity contribution is 9.10. The summed E-state index contributed by atoms with van der Waals surface area (Å²) >= 11 is 5.58. The van der Waals surface area contributed by atoms with Crippen LogP contribution in [0.15, 0.2) is 40.2 Å². The predicted octanol–water partition coefficient (Wildman–Crippen LogP) is 4.52. The summed E-state index contributed by atoms with van der Waals surface area (Å²) in [5.41, 5.74) is 9.13. The van der Waals surface area contributed by atoms with Gasteiger partial charge in [0.05, 0.1) is 6.04 Å². The van der Waals surface area contributed by atoms with E-state index in [1.165, 1.54) is 16.0 Å². The predicted molar refractivity (Wildman–Crippen MR) is 93.7 cm³/mol. The minimum atomic E-state index is 0.0892. The van der Waals surface area contributed by atoms with Gasteiger partial charge in [-0.05, 0) is 48.9 Å². The number of hydrogen-bond acceptors (Lipinski definition) is 3. The van der Waals surface area contributed by atoms with E-state index in [0.717, 1.165) is 17.4 Å². The maximum absolute atomic E-state index is 6.37. The average molecular weight is 365 g/mol. The quantitative estimate of drug-likeness (QED) is 0.867. The molecule has 0 bridgehead atoms. The van der Waals surface area contributed by atoms with Gasteiger partial charge >= 0.3 is 0 Å². The molecule has 1 aromatic carbocycles. The van der Waals surface area contributed by atoms with Gasteiger partial charge in [-0.1, -0.05) is 34.1 Å². The Kier molecular flexibility index (Phi) is 4.50. The van der Waals surface area contributed by atoms with Crippen LogP contribution in [0.5, 0.6) is 0 Å². The van der Waals surface area contributed by atoms with Crippen LogP contribution in [-0.2, 0) is 6.42 Å². The number of nitrogens with two attached hydrogens (primary N) is 1. The van der Waals surface area contributed by atoms with Gasteiger partial charge in [0.25, 0.3) is 0 Å². The van der Waals surface area contributed by atoms with Crippen LogP contribution < -0.4 is 5.73 Å². The van der Waals surface area contributed by atoms with Gasteiger partial charge in [0.2, 0.25) is 0 Å². The molecular formula is C17H21BrN2S. The third-order valence-corrected chi connectivity index (χ3v) is 6.12. The Labute approximate surface area is 139 Å². The summed E-state index contributed by atoms with van der Waals surface area (Å²) < 4.78 is 1.15. The largest absolute Gasteiger partial charge is 0.326 e. The summed E-state index contributed by atoms with van der Waals surface area (Å²) in [6.07, 6.45) is 1.13. The van der Waals surface area contributed by atoms with Crippen molar-refractivity contribution in [3.63, 3.8) is 0 Å². The Morgan fingerprint density at radius 3 is 2.81 bits per heavy atom. The summed E-state index contributed by atoms with van der Waals surface area (Å²) in [6, 6.07) is 11.5. The lowest BCUT2D eigenvalue weighted by molar-refractivity contribution is 0.118. The summed E-state index contributed by atoms with van der Waals surface area (Å²) in [5, 5.41) is 2.21. The zero-order chi connectivity index (χ0) is 15.0. The molecule has 21 heavy (non-hydrogen) atoms. The van der Waals surface area contributed by atoms with Crippen molar-refractivity contribution < 1.29 is 0 Å². The summed E-state index contributed by atoms with van der Waals surface area (Å²) in [5.74, 6) is 0. The SMILES string of the molecule is CC(N)C(c1ccccc1Br)N1CCc2sccc2C1C. The molecule has 1 aliphatic heterocycles. The van der Waals surface area contributed by atoms with Crippen LogP contribution >= 0.6 is 27.3 Å². The summed E-state index contributed by atoms with van der Waals surface area (Å²) in [6.45, 7) is 5.49. The van der Waals surface area contributed by atoms with Crippen molar-refractivity contribution >= 4 is 27.3 Å². The molecule has 1 aliphatic rings. The molecule has 0 amide bonds. The van der Waals surface area contributed by atoms with E-state index in [9.17, 15) is 0 Å². The number of hydrogen-bond donors (Lipinski definition) is 1. The lowest BCUT2D eigenvalue weighted by Crippen LogP contribution is -2.43. The maximum Gasteiger partial charge on any atom is 0.0513 e. The Morgan fingerprint density at radius 2 is 2.10 bits per heavy atom. The minimum absolute atomic E-state index is 0.0892. The lowest BCUT2D eigenvalue weighted by Gasteiger charge is -2.42. The van der Waals surface area contributed by atoms with Crippen molar-refractivity contribution in [3.8, 4) is 0 Å². The third-order valence-electron chi connectivity index (χ3n) is 4.40. The monoisotopic (exact) mass is 364 g/mol. The van der Waals surface area contributed by atoms with E-state index >= 15 is 0 Å². The molecule has 0 saturated carbocycles. The highest BCUT2D eigenvalue weighted by atomic mass is 79.9. The highest BCUT2D eigenvalue weighted by Crippen LogP contribution is 2.40. The second kappa shape index (κ2) is 6.21. The van der Waals surface area contributed by atoms with E-state index in [-0.39, 0.29) is 12.1 Å². The molecule has 2 nitrogen and oxygen atoms in total. The molecule has 0 fully saturated rings. The first-order valence-corrected chi connectivity index (χ1v) is 9.09. The first-order valence-electron chi connectivity index (χ1n) is 7.41. The molecular weight excluding hydrogens is 344 g/mol. The van der Waals surface area contributed by atoms with E-state index in [1.807, 2.05) is 11.3 Å². The van der Waals surface area contributed by atoms with Gasteiger partial charge < -0.3 is 5.73 Å². The molecule has 0 saturated heterocycles. The summed E-state index contributed by atoms with van der Waals surface area (Å²) in [7, 11) is 0. The van der Waals surface area contributed by atoms with E-state index in [2.05, 4.69) is 70.4 Å². The van der Waals surface area contributed by atoms with Crippen molar-refractivity contribution in [2.24, 2.45) is 5.73 Å². The van der Waals surface area contributed by atoms with Gasteiger partial charge in [-0.3, -0.25) is 4.90 Å². The molecule has 3 rings (SSSR count). The standard InChI is InChI=1S/C17H21BrN2S/c1-11(19)17(14-5-3-4-6-15(14)18)20-9-7-16-13(12(20)2)8-10-21-16/h3-6,8,10-12,17H,7,9,19H2,1-2H3. The first kappa shape index (κ1) is 15.2. The highest BCUT2D eigenvalue weighted by Gasteiger charge is 2.33. The molecule has 3 atom stereocenters. The Balaban J connectivity index is 1.98. The topological polar surface area (TPSA) is 29.3 Å². The fourth-order valence-electron chi connectivity index (χ4n) is 3.39. The Morgan fingerprint density at radius 1 is 1.33 bits per heavy atom. The smallest absolute Gasteiger partial charge is 0.0513 e. The van der Waals surface area contributed by atoms with Crippen LogP contribution in [0.25, 0.3) is 0 Å². The molecule has 0 radical (unpaired) electrons. The van der Waals surface area contributed by atoms with E-state index in [0.29, 0.717) is 6.04 Å². The second-order valence-corrected chi connectivity index (χ2v) is 7.64. The van der Waals surface area contributed by atoms with E-state index in [4.69, 9.17) is 5.73 Å². The van der Waals surface area contributed by atoms with Crippen LogP contribution in [0.4, 0.5) is 0 Å². The van der Waals surface area contributed by atoms with Gasteiger partial charge in [-0.15, -0.1) is 11.3 Å². The van der Waals surface area contributed by atoms with Gasteiger partial charge in [0.15, 0.2) is 0 Å². The van der Waals surface area contributed by atoms with Crippen molar-refractivity contribution in [2.45, 2.75) is 38.4 Å². The zero-order valence-corrected chi connectivity index (χ0v) is 14.8. The van der Waals surface area contributed by atoms with Gasteiger partial charge in [-0.2, -0.15) is 0 Å². The van der Waals surface area contributed by atoms with Crippen LogP contribution in [0, 0.1) is 0 Å². The minimum Gasteiger partial charge on any atom is -0.326 e. The molecule has 0 spiro atoms. The number of thiophene rings is 1. The van der Waals surface area contributed by atoms with Crippen LogP contribution in [-0.4, -0.2) is 17.5 Å². The fourth-order valence-corrected chi connectivity index (χ4v) is 4.87. The number of fused-ring (bicyclic) bond motifs is 1. The van der Waals surface area contributed by atoms with Crippen molar-refractivity contribution in [2.75, 3.05) is 6.54 Å². The summed E-state index contributed by atoms with van der Waals surface area (Å²) in [4.78, 5) is 4.09. The average Bonchev–Trinajstić information content (AvgIpc) is 2.92.